The standard InChI is InChI=1S/C11H11F3N2O2/c12-11(13,14)18-9-3-1-2-6-7(9)4-5-8(6)16-10(15)17/h1-3,8H,4-5H2,(H3,15,16,17). The zero-order valence-corrected chi connectivity index (χ0v) is 9.25. The molecule has 1 aliphatic carbocycles. The van der Waals surface area contributed by atoms with Crippen LogP contribution in [0.15, 0.2) is 18.2 Å². The van der Waals surface area contributed by atoms with Gasteiger partial charge < -0.3 is 15.8 Å². The first kappa shape index (κ1) is 12.5. The number of ether oxygens (including phenoxy) is 1. The summed E-state index contributed by atoms with van der Waals surface area (Å²) >= 11 is 0. The van der Waals surface area contributed by atoms with Gasteiger partial charge in [-0.25, -0.2) is 4.79 Å². The van der Waals surface area contributed by atoms with Crippen molar-refractivity contribution < 1.29 is 22.7 Å². The molecule has 0 saturated heterocycles. The molecule has 3 N–H and O–H groups in total. The van der Waals surface area contributed by atoms with Crippen LogP contribution in [-0.4, -0.2) is 12.4 Å². The molecule has 0 radical (unpaired) electrons. The molecule has 0 spiro atoms. The van der Waals surface area contributed by atoms with Crippen molar-refractivity contribution in [1.29, 1.82) is 0 Å². The summed E-state index contributed by atoms with van der Waals surface area (Å²) in [6.07, 6.45) is -3.80. The molecule has 1 aromatic rings. The second-order valence-electron chi connectivity index (χ2n) is 3.97. The zero-order valence-electron chi connectivity index (χ0n) is 9.25. The average molecular weight is 260 g/mol. The van der Waals surface area contributed by atoms with Gasteiger partial charge in [0.2, 0.25) is 0 Å². The number of urea groups is 1. The molecule has 2 amide bonds. The minimum Gasteiger partial charge on any atom is -0.405 e. The van der Waals surface area contributed by atoms with Crippen molar-refractivity contribution in [1.82, 2.24) is 5.32 Å². The van der Waals surface area contributed by atoms with Gasteiger partial charge in [-0.05, 0) is 30.0 Å². The van der Waals surface area contributed by atoms with Crippen LogP contribution in [0, 0.1) is 0 Å². The maximum atomic E-state index is 12.2. The molecule has 1 atom stereocenters. The first-order valence-corrected chi connectivity index (χ1v) is 5.30. The maximum absolute atomic E-state index is 12.2. The summed E-state index contributed by atoms with van der Waals surface area (Å²) < 4.78 is 40.6. The number of rotatable bonds is 2. The molecule has 2 rings (SSSR count). The van der Waals surface area contributed by atoms with Crippen molar-refractivity contribution in [3.8, 4) is 5.75 Å². The van der Waals surface area contributed by atoms with Gasteiger partial charge in [0.15, 0.2) is 0 Å². The minimum absolute atomic E-state index is 0.214. The smallest absolute Gasteiger partial charge is 0.405 e. The van der Waals surface area contributed by atoms with Gasteiger partial charge >= 0.3 is 12.4 Å². The van der Waals surface area contributed by atoms with E-state index in [0.29, 0.717) is 24.0 Å². The van der Waals surface area contributed by atoms with Crippen LogP contribution in [-0.2, 0) is 6.42 Å². The number of hydrogen-bond acceptors (Lipinski definition) is 2. The zero-order chi connectivity index (χ0) is 13.3. The third-order valence-electron chi connectivity index (χ3n) is 2.77. The van der Waals surface area contributed by atoms with Crippen molar-refractivity contribution in [2.75, 3.05) is 0 Å². The molecule has 0 heterocycles. The van der Waals surface area contributed by atoms with Crippen LogP contribution in [0.3, 0.4) is 0 Å². The summed E-state index contributed by atoms with van der Waals surface area (Å²) in [5.41, 5.74) is 6.10. The Kier molecular flexibility index (Phi) is 3.06. The van der Waals surface area contributed by atoms with Crippen molar-refractivity contribution >= 4 is 6.03 Å². The highest BCUT2D eigenvalue weighted by Crippen LogP contribution is 2.38. The van der Waals surface area contributed by atoms with E-state index in [-0.39, 0.29) is 11.8 Å². The molecule has 4 nitrogen and oxygen atoms in total. The number of nitrogens with one attached hydrogen (secondary N) is 1. The number of carbonyl (C=O) groups excluding carboxylic acids is 1. The highest BCUT2D eigenvalue weighted by Gasteiger charge is 2.34. The van der Waals surface area contributed by atoms with E-state index in [1.54, 1.807) is 6.07 Å². The van der Waals surface area contributed by atoms with Crippen LogP contribution in [0.25, 0.3) is 0 Å². The molecule has 1 unspecified atom stereocenters. The SMILES string of the molecule is NC(=O)NC1CCc2c(OC(F)(F)F)cccc21. The molecule has 98 valence electrons. The fraction of sp³-hybridized carbons (Fsp3) is 0.364. The van der Waals surface area contributed by atoms with Crippen molar-refractivity contribution in [2.45, 2.75) is 25.2 Å². The van der Waals surface area contributed by atoms with Gasteiger partial charge in [-0.15, -0.1) is 13.2 Å². The Bertz CT molecular complexity index is 474. The first-order chi connectivity index (χ1) is 8.37. The molecular formula is C11H11F3N2O2. The minimum atomic E-state index is -4.72. The van der Waals surface area contributed by atoms with Crippen molar-refractivity contribution in [3.63, 3.8) is 0 Å². The largest absolute Gasteiger partial charge is 0.573 e. The third-order valence-corrected chi connectivity index (χ3v) is 2.77. The van der Waals surface area contributed by atoms with Gasteiger partial charge in [0.1, 0.15) is 5.75 Å². The second kappa shape index (κ2) is 4.40. The van der Waals surface area contributed by atoms with E-state index < -0.39 is 12.4 Å². The van der Waals surface area contributed by atoms with Crippen molar-refractivity contribution in [3.05, 3.63) is 29.3 Å². The number of benzene rings is 1. The number of alkyl halides is 3. The lowest BCUT2D eigenvalue weighted by molar-refractivity contribution is -0.274. The summed E-state index contributed by atoms with van der Waals surface area (Å²) in [6, 6.07) is 3.33. The van der Waals surface area contributed by atoms with Gasteiger partial charge in [-0.3, -0.25) is 0 Å². The van der Waals surface area contributed by atoms with Crippen LogP contribution in [0.2, 0.25) is 0 Å². The van der Waals surface area contributed by atoms with Gasteiger partial charge in [-0.1, -0.05) is 12.1 Å². The Labute approximate surface area is 101 Å². The van der Waals surface area contributed by atoms with E-state index in [1.165, 1.54) is 12.1 Å². The van der Waals surface area contributed by atoms with Gasteiger partial charge in [0.25, 0.3) is 0 Å². The molecule has 0 fully saturated rings. The molecular weight excluding hydrogens is 249 g/mol. The molecule has 7 heteroatoms. The number of hydrogen-bond donors (Lipinski definition) is 2. The van der Waals surface area contributed by atoms with Gasteiger partial charge in [0, 0.05) is 0 Å². The van der Waals surface area contributed by atoms with Crippen LogP contribution in [0.1, 0.15) is 23.6 Å². The lowest BCUT2D eigenvalue weighted by Crippen LogP contribution is -2.32. The normalized spacial score (nSPS) is 18.3. The molecule has 0 aliphatic heterocycles. The fourth-order valence-electron chi connectivity index (χ4n) is 2.16. The molecule has 1 aromatic carbocycles. The molecule has 0 bridgehead atoms. The average Bonchev–Trinajstić information content (AvgIpc) is 2.60. The van der Waals surface area contributed by atoms with Gasteiger partial charge in [0.05, 0.1) is 6.04 Å². The van der Waals surface area contributed by atoms with Crippen LogP contribution in [0.4, 0.5) is 18.0 Å². The van der Waals surface area contributed by atoms with Crippen molar-refractivity contribution in [2.24, 2.45) is 5.73 Å². The van der Waals surface area contributed by atoms with E-state index in [2.05, 4.69) is 10.1 Å². The lowest BCUT2D eigenvalue weighted by Gasteiger charge is -2.14. The quantitative estimate of drug-likeness (QED) is 0.856. The second-order valence-corrected chi connectivity index (χ2v) is 3.97. The summed E-state index contributed by atoms with van der Waals surface area (Å²) in [5, 5.41) is 2.49. The number of fused-ring (bicyclic) bond motifs is 1. The van der Waals surface area contributed by atoms with Crippen LogP contribution in [0.5, 0.6) is 5.75 Å². The van der Waals surface area contributed by atoms with Crippen LogP contribution < -0.4 is 15.8 Å². The Morgan fingerprint density at radius 1 is 1.44 bits per heavy atom. The molecule has 1 aliphatic rings. The molecule has 0 aromatic heterocycles. The number of halogens is 3. The summed E-state index contributed by atoms with van der Waals surface area (Å²) in [6.45, 7) is 0. The number of primary amides is 1. The van der Waals surface area contributed by atoms with E-state index in [1.807, 2.05) is 0 Å². The van der Waals surface area contributed by atoms with E-state index in [4.69, 9.17) is 5.73 Å². The Morgan fingerprint density at radius 3 is 2.78 bits per heavy atom. The van der Waals surface area contributed by atoms with Gasteiger partial charge in [-0.2, -0.15) is 0 Å². The Morgan fingerprint density at radius 2 is 2.17 bits per heavy atom. The number of amides is 2. The van der Waals surface area contributed by atoms with E-state index >= 15 is 0 Å². The summed E-state index contributed by atoms with van der Waals surface area (Å²) in [5.74, 6) is -0.214. The Balaban J connectivity index is 2.27. The molecule has 18 heavy (non-hydrogen) atoms. The van der Waals surface area contributed by atoms with Crippen LogP contribution >= 0.6 is 0 Å². The predicted octanol–water partition coefficient (Wildman–Crippen LogP) is 2.24. The van der Waals surface area contributed by atoms with E-state index in [9.17, 15) is 18.0 Å². The Hall–Kier alpha value is -1.92. The molecule has 0 saturated carbocycles. The highest BCUT2D eigenvalue weighted by molar-refractivity contribution is 5.72. The summed E-state index contributed by atoms with van der Waals surface area (Å²) in [7, 11) is 0. The highest BCUT2D eigenvalue weighted by atomic mass is 19.4. The van der Waals surface area contributed by atoms with E-state index in [0.717, 1.165) is 0 Å². The summed E-state index contributed by atoms with van der Waals surface area (Å²) in [4.78, 5) is 10.8. The predicted molar refractivity (Wildman–Crippen MR) is 56.9 cm³/mol. The lowest BCUT2D eigenvalue weighted by atomic mass is 10.1. The first-order valence-electron chi connectivity index (χ1n) is 5.30. The monoisotopic (exact) mass is 260 g/mol. The topological polar surface area (TPSA) is 64.4 Å². The third kappa shape index (κ3) is 2.66. The number of carbonyl (C=O) groups is 1. The fourth-order valence-corrected chi connectivity index (χ4v) is 2.16. The number of nitrogens with two attached hydrogens (primary N) is 1. The maximum Gasteiger partial charge on any atom is 0.573 e.